The molecule has 0 aromatic heterocycles. The van der Waals surface area contributed by atoms with E-state index in [4.69, 9.17) is 0 Å². The Balaban J connectivity index is 1.82. The minimum absolute atomic E-state index is 0.225. The molecule has 0 bridgehead atoms. The highest BCUT2D eigenvalue weighted by atomic mass is 19.2. The quantitative estimate of drug-likeness (QED) is 0.444. The van der Waals surface area contributed by atoms with Gasteiger partial charge in [-0.3, -0.25) is 0 Å². The molecule has 0 heterocycles. The third kappa shape index (κ3) is 4.28. The van der Waals surface area contributed by atoms with Gasteiger partial charge in [-0.05, 0) is 53.8 Å². The van der Waals surface area contributed by atoms with Crippen LogP contribution in [0.3, 0.4) is 0 Å². The Hall–Kier alpha value is -2.99. The van der Waals surface area contributed by atoms with Crippen molar-refractivity contribution in [2.24, 2.45) is 0 Å². The fraction of sp³-hybridized carbons (Fsp3) is 0.200. The Morgan fingerprint density at radius 3 is 2.00 bits per heavy atom. The van der Waals surface area contributed by atoms with Crippen molar-refractivity contribution in [2.75, 3.05) is 0 Å². The number of benzene rings is 3. The van der Waals surface area contributed by atoms with Crippen LogP contribution in [0.4, 0.5) is 13.2 Å². The molecule has 0 nitrogen and oxygen atoms in total. The zero-order valence-corrected chi connectivity index (χ0v) is 16.0. The fourth-order valence-electron chi connectivity index (χ4n) is 3.06. The van der Waals surface area contributed by atoms with E-state index in [-0.39, 0.29) is 11.4 Å². The van der Waals surface area contributed by atoms with Crippen LogP contribution < -0.4 is 0 Å². The summed E-state index contributed by atoms with van der Waals surface area (Å²) in [5.74, 6) is 4.05. The predicted octanol–water partition coefficient (Wildman–Crippen LogP) is 6.69. The summed E-state index contributed by atoms with van der Waals surface area (Å²) in [5.41, 5.74) is 3.18. The van der Waals surface area contributed by atoms with Crippen molar-refractivity contribution in [3.05, 3.63) is 94.3 Å². The number of hydrogen-bond acceptors (Lipinski definition) is 0. The van der Waals surface area contributed by atoms with Crippen LogP contribution in [0.15, 0.2) is 54.6 Å². The lowest BCUT2D eigenvalue weighted by atomic mass is 10.0. The second-order valence-corrected chi connectivity index (χ2v) is 6.64. The largest absolute Gasteiger partial charge is 0.207 e. The molecule has 0 N–H and O–H groups in total. The highest BCUT2D eigenvalue weighted by Gasteiger charge is 2.13. The summed E-state index contributed by atoms with van der Waals surface area (Å²) in [4.78, 5) is 0. The average molecular weight is 378 g/mol. The van der Waals surface area contributed by atoms with Crippen molar-refractivity contribution in [2.45, 2.75) is 33.1 Å². The molecule has 0 fully saturated rings. The molecule has 0 unspecified atom stereocenters. The maximum absolute atomic E-state index is 14.3. The van der Waals surface area contributed by atoms with Gasteiger partial charge in [-0.25, -0.2) is 13.2 Å². The van der Waals surface area contributed by atoms with E-state index in [1.54, 1.807) is 49.4 Å². The van der Waals surface area contributed by atoms with Gasteiger partial charge in [-0.15, -0.1) is 0 Å². The molecule has 3 aromatic rings. The van der Waals surface area contributed by atoms with Crippen LogP contribution in [0.1, 0.15) is 42.5 Å². The summed E-state index contributed by atoms with van der Waals surface area (Å²) >= 11 is 0. The zero-order valence-electron chi connectivity index (χ0n) is 16.0. The van der Waals surface area contributed by atoms with Crippen molar-refractivity contribution >= 4 is 0 Å². The van der Waals surface area contributed by atoms with Gasteiger partial charge in [0.25, 0.3) is 0 Å². The van der Waals surface area contributed by atoms with Gasteiger partial charge < -0.3 is 0 Å². The second kappa shape index (κ2) is 8.80. The third-order valence-electron chi connectivity index (χ3n) is 4.66. The molecule has 0 atom stereocenters. The lowest BCUT2D eigenvalue weighted by Crippen LogP contribution is -1.95. The van der Waals surface area contributed by atoms with E-state index in [0.29, 0.717) is 40.7 Å². The van der Waals surface area contributed by atoms with E-state index >= 15 is 0 Å². The summed E-state index contributed by atoms with van der Waals surface area (Å²) in [7, 11) is 0. The zero-order chi connectivity index (χ0) is 20.1. The highest BCUT2D eigenvalue weighted by Crippen LogP contribution is 2.27. The maximum atomic E-state index is 14.3. The van der Waals surface area contributed by atoms with Crippen molar-refractivity contribution in [1.82, 2.24) is 0 Å². The van der Waals surface area contributed by atoms with E-state index in [9.17, 15) is 13.2 Å². The van der Waals surface area contributed by atoms with Gasteiger partial charge in [0.15, 0.2) is 11.6 Å². The van der Waals surface area contributed by atoms with Gasteiger partial charge in [-0.2, -0.15) is 0 Å². The van der Waals surface area contributed by atoms with E-state index in [2.05, 4.69) is 11.8 Å². The maximum Gasteiger partial charge on any atom is 0.166 e. The Morgan fingerprint density at radius 1 is 0.714 bits per heavy atom. The summed E-state index contributed by atoms with van der Waals surface area (Å²) < 4.78 is 42.3. The molecule has 28 heavy (non-hydrogen) atoms. The summed E-state index contributed by atoms with van der Waals surface area (Å²) in [6.45, 7) is 3.80. The molecule has 142 valence electrons. The van der Waals surface area contributed by atoms with Gasteiger partial charge in [0.2, 0.25) is 0 Å². The Labute approximate surface area is 164 Å². The number of aryl methyl sites for hydroxylation is 2. The second-order valence-electron chi connectivity index (χ2n) is 6.64. The van der Waals surface area contributed by atoms with Crippen LogP contribution >= 0.6 is 0 Å². The molecule has 0 saturated heterocycles. The van der Waals surface area contributed by atoms with Crippen LogP contribution in [-0.4, -0.2) is 0 Å². The van der Waals surface area contributed by atoms with Crippen molar-refractivity contribution in [1.29, 1.82) is 0 Å². The van der Waals surface area contributed by atoms with Gasteiger partial charge in [0.05, 0.1) is 0 Å². The average Bonchev–Trinajstić information content (AvgIpc) is 2.71. The molecule has 0 amide bonds. The van der Waals surface area contributed by atoms with Gasteiger partial charge in [-0.1, -0.05) is 62.4 Å². The van der Waals surface area contributed by atoms with Gasteiger partial charge in [0, 0.05) is 16.7 Å². The van der Waals surface area contributed by atoms with Gasteiger partial charge in [0.1, 0.15) is 5.82 Å². The van der Waals surface area contributed by atoms with Crippen LogP contribution in [-0.2, 0) is 12.8 Å². The monoisotopic (exact) mass is 378 g/mol. The van der Waals surface area contributed by atoms with Crippen LogP contribution in [0.2, 0.25) is 0 Å². The van der Waals surface area contributed by atoms with E-state index in [0.717, 1.165) is 6.42 Å². The molecule has 0 spiro atoms. The number of halogens is 3. The predicted molar refractivity (Wildman–Crippen MR) is 108 cm³/mol. The molecule has 3 aromatic carbocycles. The Morgan fingerprint density at radius 2 is 1.36 bits per heavy atom. The molecule has 0 saturated carbocycles. The summed E-state index contributed by atoms with van der Waals surface area (Å²) in [5, 5.41) is 0. The molecule has 3 rings (SSSR count). The van der Waals surface area contributed by atoms with Crippen LogP contribution in [0, 0.1) is 29.3 Å². The minimum atomic E-state index is -0.833. The normalized spacial score (nSPS) is 10.5. The summed E-state index contributed by atoms with van der Waals surface area (Å²) in [6.07, 6.45) is 2.04. The molecular weight excluding hydrogens is 357 g/mol. The van der Waals surface area contributed by atoms with Crippen molar-refractivity contribution < 1.29 is 13.2 Å². The molecule has 0 aliphatic rings. The van der Waals surface area contributed by atoms with E-state index in [1.165, 1.54) is 6.07 Å². The standard InChI is InChI=1S/C25H21F3/c1-3-5-21-13-10-18(16-23(21)26)7-6-17-8-11-20(12-9-17)22-15-14-19(4-2)24(27)25(22)28/h8-16H,3-5H2,1-2H3. The Bertz CT molecular complexity index is 1040. The minimum Gasteiger partial charge on any atom is -0.207 e. The van der Waals surface area contributed by atoms with Crippen LogP contribution in [0.5, 0.6) is 0 Å². The first kappa shape index (κ1) is 19.8. The lowest BCUT2D eigenvalue weighted by molar-refractivity contribution is 0.502. The van der Waals surface area contributed by atoms with E-state index < -0.39 is 11.6 Å². The first-order chi connectivity index (χ1) is 13.5. The molecule has 0 radical (unpaired) electrons. The summed E-state index contributed by atoms with van der Waals surface area (Å²) in [6, 6.07) is 15.1. The first-order valence-electron chi connectivity index (χ1n) is 9.41. The number of rotatable bonds is 4. The molecule has 3 heteroatoms. The lowest BCUT2D eigenvalue weighted by Gasteiger charge is -2.07. The topological polar surface area (TPSA) is 0 Å². The van der Waals surface area contributed by atoms with Crippen molar-refractivity contribution in [3.8, 4) is 23.0 Å². The van der Waals surface area contributed by atoms with Gasteiger partial charge >= 0.3 is 0 Å². The van der Waals surface area contributed by atoms with Crippen molar-refractivity contribution in [3.63, 3.8) is 0 Å². The van der Waals surface area contributed by atoms with E-state index in [1.807, 2.05) is 13.0 Å². The third-order valence-corrected chi connectivity index (χ3v) is 4.66. The highest BCUT2D eigenvalue weighted by molar-refractivity contribution is 5.66. The van der Waals surface area contributed by atoms with Crippen LogP contribution in [0.25, 0.3) is 11.1 Å². The first-order valence-corrected chi connectivity index (χ1v) is 9.41. The Kier molecular flexibility index (Phi) is 6.21. The molecular formula is C25H21F3. The SMILES string of the molecule is CCCc1ccc(C#Cc2ccc(-c3ccc(CC)c(F)c3F)cc2)cc1F. The smallest absolute Gasteiger partial charge is 0.166 e. The number of hydrogen-bond donors (Lipinski definition) is 0. The molecule has 0 aliphatic heterocycles. The molecule has 0 aliphatic carbocycles. The fourth-order valence-corrected chi connectivity index (χ4v) is 3.06.